The van der Waals surface area contributed by atoms with Crippen LogP contribution in [0.25, 0.3) is 10.8 Å². The number of rotatable bonds is 4. The summed E-state index contributed by atoms with van der Waals surface area (Å²) in [5, 5.41) is 13.6. The van der Waals surface area contributed by atoms with Crippen molar-refractivity contribution in [3.63, 3.8) is 0 Å². The largest absolute Gasteiger partial charge is 0.387 e. The third-order valence-electron chi connectivity index (χ3n) is 2.69. The van der Waals surface area contributed by atoms with Gasteiger partial charge in [-0.15, -0.1) is 0 Å². The maximum atomic E-state index is 10.9. The summed E-state index contributed by atoms with van der Waals surface area (Å²) < 4.78 is 0. The molecule has 0 atom stereocenters. The molecular weight excluding hydrogens is 214 g/mol. The van der Waals surface area contributed by atoms with E-state index in [4.69, 9.17) is 5.11 Å². The first kappa shape index (κ1) is 11.6. The first-order valence-corrected chi connectivity index (χ1v) is 5.65. The van der Waals surface area contributed by atoms with Crippen molar-refractivity contribution >= 4 is 16.7 Å². The van der Waals surface area contributed by atoms with Crippen molar-refractivity contribution < 1.29 is 9.90 Å². The van der Waals surface area contributed by atoms with E-state index < -0.39 is 6.61 Å². The van der Waals surface area contributed by atoms with Crippen LogP contribution < -0.4 is 5.32 Å². The van der Waals surface area contributed by atoms with Gasteiger partial charge in [-0.05, 0) is 22.8 Å². The molecule has 3 nitrogen and oxygen atoms in total. The maximum Gasteiger partial charge on any atom is 0.245 e. The van der Waals surface area contributed by atoms with E-state index in [1.165, 1.54) is 16.3 Å². The Morgan fingerprint density at radius 3 is 2.65 bits per heavy atom. The monoisotopic (exact) mass is 229 g/mol. The van der Waals surface area contributed by atoms with E-state index in [9.17, 15) is 4.79 Å². The second-order valence-corrected chi connectivity index (χ2v) is 3.94. The van der Waals surface area contributed by atoms with Crippen LogP contribution >= 0.6 is 0 Å². The van der Waals surface area contributed by atoms with Crippen LogP contribution in [-0.4, -0.2) is 24.2 Å². The van der Waals surface area contributed by atoms with Crippen LogP contribution in [0.4, 0.5) is 0 Å². The first-order chi connectivity index (χ1) is 8.29. The minimum Gasteiger partial charge on any atom is -0.387 e. The minimum absolute atomic E-state index is 0.328. The van der Waals surface area contributed by atoms with Crippen LogP contribution in [0.3, 0.4) is 0 Å². The predicted octanol–water partition coefficient (Wildman–Crippen LogP) is 1.49. The molecule has 3 heteroatoms. The molecule has 2 rings (SSSR count). The van der Waals surface area contributed by atoms with E-state index in [0.717, 1.165) is 6.42 Å². The molecule has 0 spiro atoms. The number of benzene rings is 2. The Balaban J connectivity index is 2.02. The Labute approximate surface area is 100 Å². The molecule has 2 aromatic rings. The highest BCUT2D eigenvalue weighted by molar-refractivity contribution is 5.83. The Kier molecular flexibility index (Phi) is 3.73. The molecule has 1 amide bonds. The number of carbonyl (C=O) groups excluding carboxylic acids is 1. The van der Waals surface area contributed by atoms with E-state index in [1.807, 2.05) is 12.1 Å². The van der Waals surface area contributed by atoms with Crippen LogP contribution in [0.1, 0.15) is 5.56 Å². The number of nitrogens with one attached hydrogen (secondary N) is 1. The van der Waals surface area contributed by atoms with Crippen molar-refractivity contribution in [2.75, 3.05) is 13.2 Å². The fourth-order valence-electron chi connectivity index (χ4n) is 1.80. The zero-order valence-corrected chi connectivity index (χ0v) is 9.52. The Morgan fingerprint density at radius 1 is 1.12 bits per heavy atom. The lowest BCUT2D eigenvalue weighted by molar-refractivity contribution is -0.123. The van der Waals surface area contributed by atoms with Crippen LogP contribution in [-0.2, 0) is 11.2 Å². The molecule has 0 saturated carbocycles. The third kappa shape index (κ3) is 3.04. The molecule has 0 aliphatic rings. The quantitative estimate of drug-likeness (QED) is 0.834. The van der Waals surface area contributed by atoms with E-state index in [-0.39, 0.29) is 5.91 Å². The summed E-state index contributed by atoms with van der Waals surface area (Å²) in [5.74, 6) is -0.328. The van der Waals surface area contributed by atoms with Gasteiger partial charge in [0, 0.05) is 6.54 Å². The number of amides is 1. The van der Waals surface area contributed by atoms with Gasteiger partial charge in [0.25, 0.3) is 0 Å². The molecular formula is C14H15NO2. The molecule has 0 bridgehead atoms. The van der Waals surface area contributed by atoms with Crippen molar-refractivity contribution in [3.05, 3.63) is 48.0 Å². The highest BCUT2D eigenvalue weighted by atomic mass is 16.3. The van der Waals surface area contributed by atoms with Gasteiger partial charge in [0.05, 0.1) is 0 Å². The summed E-state index contributed by atoms with van der Waals surface area (Å²) in [6, 6.07) is 14.5. The van der Waals surface area contributed by atoms with Gasteiger partial charge in [-0.2, -0.15) is 0 Å². The van der Waals surface area contributed by atoms with E-state index in [2.05, 4.69) is 35.6 Å². The Morgan fingerprint density at radius 2 is 1.88 bits per heavy atom. The summed E-state index contributed by atoms with van der Waals surface area (Å²) >= 11 is 0. The summed E-state index contributed by atoms with van der Waals surface area (Å²) in [5.41, 5.74) is 1.18. The molecule has 0 heterocycles. The highest BCUT2D eigenvalue weighted by Gasteiger charge is 1.99. The van der Waals surface area contributed by atoms with Gasteiger partial charge in [-0.25, -0.2) is 0 Å². The smallest absolute Gasteiger partial charge is 0.245 e. The molecule has 0 aliphatic carbocycles. The van der Waals surface area contributed by atoms with Crippen molar-refractivity contribution in [2.45, 2.75) is 6.42 Å². The van der Waals surface area contributed by atoms with Gasteiger partial charge >= 0.3 is 0 Å². The van der Waals surface area contributed by atoms with Crippen LogP contribution in [0, 0.1) is 0 Å². The second-order valence-electron chi connectivity index (χ2n) is 3.94. The fraction of sp³-hybridized carbons (Fsp3) is 0.214. The summed E-state index contributed by atoms with van der Waals surface area (Å²) in [6.07, 6.45) is 0.774. The lowest BCUT2D eigenvalue weighted by atomic mass is 10.1. The zero-order valence-electron chi connectivity index (χ0n) is 9.52. The van der Waals surface area contributed by atoms with E-state index >= 15 is 0 Å². The number of fused-ring (bicyclic) bond motifs is 1. The molecule has 0 unspecified atom stereocenters. The number of hydrogen-bond donors (Lipinski definition) is 2. The second kappa shape index (κ2) is 5.46. The number of aliphatic hydroxyl groups is 1. The molecule has 0 aromatic heterocycles. The van der Waals surface area contributed by atoms with Gasteiger partial charge < -0.3 is 10.4 Å². The van der Waals surface area contributed by atoms with Crippen LogP contribution in [0.15, 0.2) is 42.5 Å². The van der Waals surface area contributed by atoms with E-state index in [1.54, 1.807) is 0 Å². The normalized spacial score (nSPS) is 10.4. The van der Waals surface area contributed by atoms with Gasteiger partial charge in [0.15, 0.2) is 0 Å². The summed E-state index contributed by atoms with van der Waals surface area (Å²) in [6.45, 7) is 0.107. The molecule has 0 aliphatic heterocycles. The molecule has 0 fully saturated rings. The van der Waals surface area contributed by atoms with Crippen LogP contribution in [0.5, 0.6) is 0 Å². The third-order valence-corrected chi connectivity index (χ3v) is 2.69. The fourth-order valence-corrected chi connectivity index (χ4v) is 1.80. The maximum absolute atomic E-state index is 10.9. The molecule has 0 saturated heterocycles. The summed E-state index contributed by atoms with van der Waals surface area (Å²) in [4.78, 5) is 10.9. The number of hydrogen-bond acceptors (Lipinski definition) is 2. The molecule has 2 N–H and O–H groups in total. The summed E-state index contributed by atoms with van der Waals surface area (Å²) in [7, 11) is 0. The van der Waals surface area contributed by atoms with Gasteiger partial charge in [0.2, 0.25) is 5.91 Å². The SMILES string of the molecule is O=C(CO)NCCc1ccc2ccccc2c1. The average Bonchev–Trinajstić information content (AvgIpc) is 2.38. The number of carbonyl (C=O) groups is 1. The van der Waals surface area contributed by atoms with Gasteiger partial charge in [-0.1, -0.05) is 42.5 Å². The highest BCUT2D eigenvalue weighted by Crippen LogP contribution is 2.15. The molecule has 17 heavy (non-hydrogen) atoms. The molecule has 2 aromatic carbocycles. The average molecular weight is 229 g/mol. The topological polar surface area (TPSA) is 49.3 Å². The van der Waals surface area contributed by atoms with E-state index in [0.29, 0.717) is 6.54 Å². The van der Waals surface area contributed by atoms with Gasteiger partial charge in [0.1, 0.15) is 6.61 Å². The van der Waals surface area contributed by atoms with Crippen molar-refractivity contribution in [1.82, 2.24) is 5.32 Å². The molecule has 0 radical (unpaired) electrons. The number of aliphatic hydroxyl groups excluding tert-OH is 1. The van der Waals surface area contributed by atoms with Crippen molar-refractivity contribution in [3.8, 4) is 0 Å². The lowest BCUT2D eigenvalue weighted by Crippen LogP contribution is -2.28. The first-order valence-electron chi connectivity index (χ1n) is 5.65. The van der Waals surface area contributed by atoms with Crippen LogP contribution in [0.2, 0.25) is 0 Å². The van der Waals surface area contributed by atoms with Crippen molar-refractivity contribution in [1.29, 1.82) is 0 Å². The Bertz CT molecular complexity index is 522. The standard InChI is InChI=1S/C14H15NO2/c16-10-14(17)15-8-7-11-5-6-12-3-1-2-4-13(12)9-11/h1-6,9,16H,7-8,10H2,(H,15,17). The minimum atomic E-state index is -0.447. The Hall–Kier alpha value is -1.87. The predicted molar refractivity (Wildman–Crippen MR) is 67.7 cm³/mol. The molecule has 88 valence electrons. The van der Waals surface area contributed by atoms with Gasteiger partial charge in [-0.3, -0.25) is 4.79 Å². The van der Waals surface area contributed by atoms with Crippen molar-refractivity contribution in [2.24, 2.45) is 0 Å². The zero-order chi connectivity index (χ0) is 12.1. The lowest BCUT2D eigenvalue weighted by Gasteiger charge is -2.05.